The van der Waals surface area contributed by atoms with Crippen LogP contribution in [0.3, 0.4) is 0 Å². The van der Waals surface area contributed by atoms with Gasteiger partial charge in [-0.15, -0.1) is 0 Å². The molecular formula is C60H36N6O3. The van der Waals surface area contributed by atoms with Crippen molar-refractivity contribution < 1.29 is 14.4 Å². The monoisotopic (exact) mass is 888 g/mol. The Kier molecular flexibility index (Phi) is 9.09. The fourth-order valence-corrected chi connectivity index (χ4v) is 10.0. The Morgan fingerprint density at radius 3 is 0.710 bits per heavy atom. The second kappa shape index (κ2) is 15.8. The lowest BCUT2D eigenvalue weighted by Crippen LogP contribution is -2.20. The second-order valence-electron chi connectivity index (χ2n) is 17.1. The smallest absolute Gasteiger partial charge is 0.230 e. The molecule has 0 N–H and O–H groups in total. The molecule has 9 nitrogen and oxygen atoms in total. The lowest BCUT2D eigenvalue weighted by atomic mass is 10.1. The molecule has 9 heteroatoms. The highest BCUT2D eigenvalue weighted by Crippen LogP contribution is 2.35. The lowest BCUT2D eigenvalue weighted by molar-refractivity contribution is 0.101. The highest BCUT2D eigenvalue weighted by molar-refractivity contribution is 6.15. The molecule has 0 amide bonds. The van der Waals surface area contributed by atoms with Gasteiger partial charge in [-0.05, 0) is 72.8 Å². The number of carbonyl (C=O) groups excluding carboxylic acids is 3. The van der Waals surface area contributed by atoms with Crippen molar-refractivity contribution in [3.63, 3.8) is 0 Å². The Morgan fingerprint density at radius 1 is 0.261 bits per heavy atom. The SMILES string of the molecule is O=C(c1cccc(-n2c3ccccc3c3ccccc32)c1)c1nc(C(=O)c2cccc(-n3c4ccccc4c4ccccc43)c2)nc(C(=O)c2cccc(-n3c4ccccc4c4ccccc43)c2)n1. The van der Waals surface area contributed by atoms with E-state index < -0.39 is 17.3 Å². The van der Waals surface area contributed by atoms with E-state index in [1.165, 1.54) is 0 Å². The van der Waals surface area contributed by atoms with Crippen molar-refractivity contribution >= 4 is 82.8 Å². The van der Waals surface area contributed by atoms with Crippen LogP contribution in [0.5, 0.6) is 0 Å². The molecule has 0 spiro atoms. The zero-order valence-electron chi connectivity index (χ0n) is 36.7. The third-order valence-electron chi connectivity index (χ3n) is 13.1. The number of hydrogen-bond acceptors (Lipinski definition) is 6. The number of fused-ring (bicyclic) bond motifs is 9. The summed E-state index contributed by atoms with van der Waals surface area (Å²) < 4.78 is 6.35. The minimum atomic E-state index is -0.568. The maximum Gasteiger partial charge on any atom is 0.230 e. The first-order chi connectivity index (χ1) is 34.0. The highest BCUT2D eigenvalue weighted by Gasteiger charge is 2.26. The van der Waals surface area contributed by atoms with Gasteiger partial charge >= 0.3 is 0 Å². The zero-order valence-corrected chi connectivity index (χ0v) is 36.7. The Balaban J connectivity index is 0.943. The van der Waals surface area contributed by atoms with Crippen molar-refractivity contribution in [3.8, 4) is 17.1 Å². The molecule has 13 rings (SSSR count). The normalized spacial score (nSPS) is 11.7. The highest BCUT2D eigenvalue weighted by atomic mass is 16.1. The van der Waals surface area contributed by atoms with E-state index in [9.17, 15) is 14.4 Å². The summed E-state index contributed by atoms with van der Waals surface area (Å²) in [6.07, 6.45) is 0. The van der Waals surface area contributed by atoms with Gasteiger partial charge in [0.2, 0.25) is 34.8 Å². The summed E-state index contributed by atoms with van der Waals surface area (Å²) in [4.78, 5) is 58.3. The molecule has 69 heavy (non-hydrogen) atoms. The molecule has 0 bridgehead atoms. The van der Waals surface area contributed by atoms with Crippen LogP contribution in [0.1, 0.15) is 48.5 Å². The third-order valence-corrected chi connectivity index (χ3v) is 13.1. The zero-order chi connectivity index (χ0) is 46.2. The van der Waals surface area contributed by atoms with Crippen LogP contribution in [0, 0.1) is 0 Å². The summed E-state index contributed by atoms with van der Waals surface area (Å²) in [5, 5.41) is 6.49. The Labute approximate surface area is 393 Å². The summed E-state index contributed by atoms with van der Waals surface area (Å²) in [7, 11) is 0. The average Bonchev–Trinajstić information content (AvgIpc) is 4.06. The minimum absolute atomic E-state index is 0.277. The molecule has 0 saturated heterocycles. The molecule has 13 aromatic rings. The second-order valence-corrected chi connectivity index (χ2v) is 17.1. The average molecular weight is 889 g/mol. The first-order valence-electron chi connectivity index (χ1n) is 22.6. The van der Waals surface area contributed by atoms with E-state index in [1.54, 1.807) is 36.4 Å². The van der Waals surface area contributed by atoms with Crippen molar-refractivity contribution in [2.24, 2.45) is 0 Å². The van der Waals surface area contributed by atoms with Gasteiger partial charge < -0.3 is 13.7 Å². The number of benzene rings is 9. The van der Waals surface area contributed by atoms with E-state index in [2.05, 4.69) is 101 Å². The van der Waals surface area contributed by atoms with Crippen molar-refractivity contribution in [1.29, 1.82) is 0 Å². The van der Waals surface area contributed by atoms with E-state index in [-0.39, 0.29) is 34.2 Å². The maximum absolute atomic E-state index is 14.8. The van der Waals surface area contributed by atoms with E-state index >= 15 is 0 Å². The summed E-state index contributed by atoms with van der Waals surface area (Å²) in [5.74, 6) is -2.68. The molecule has 0 aliphatic heterocycles. The van der Waals surface area contributed by atoms with Gasteiger partial charge in [0.15, 0.2) is 0 Å². The van der Waals surface area contributed by atoms with Crippen LogP contribution in [-0.2, 0) is 0 Å². The van der Waals surface area contributed by atoms with Crippen molar-refractivity contribution in [3.05, 3.63) is 253 Å². The Morgan fingerprint density at radius 2 is 0.478 bits per heavy atom. The largest absolute Gasteiger partial charge is 0.309 e. The minimum Gasteiger partial charge on any atom is -0.309 e. The van der Waals surface area contributed by atoms with Crippen molar-refractivity contribution in [2.45, 2.75) is 0 Å². The molecule has 4 aromatic heterocycles. The number of carbonyl (C=O) groups is 3. The van der Waals surface area contributed by atoms with Crippen LogP contribution < -0.4 is 0 Å². The summed E-state index contributed by atoms with van der Waals surface area (Å²) in [6.45, 7) is 0. The van der Waals surface area contributed by atoms with Crippen LogP contribution >= 0.6 is 0 Å². The molecule has 9 aromatic carbocycles. The standard InChI is InChI=1S/C60H36N6O3/c67-55(37-16-13-19-40(34-37)64-49-28-7-1-22-43(49)44-23-2-8-29-50(44)64)58-61-59(56(68)38-17-14-20-41(35-38)65-51-30-9-3-24-45(51)46-25-4-10-31-52(46)65)63-60(62-58)57(69)39-18-15-21-42(36-39)66-53-32-11-5-26-47(53)48-27-6-12-33-54(48)66/h1-36H. The number of rotatable bonds is 9. The van der Waals surface area contributed by atoms with Gasteiger partial charge in [-0.3, -0.25) is 14.4 Å². The van der Waals surface area contributed by atoms with Gasteiger partial charge in [-0.2, -0.15) is 0 Å². The van der Waals surface area contributed by atoms with Crippen LogP contribution in [0.2, 0.25) is 0 Å². The van der Waals surface area contributed by atoms with Crippen molar-refractivity contribution in [1.82, 2.24) is 28.7 Å². The van der Waals surface area contributed by atoms with E-state index in [1.807, 2.05) is 109 Å². The van der Waals surface area contributed by atoms with Gasteiger partial charge in [0.25, 0.3) is 0 Å². The van der Waals surface area contributed by atoms with Crippen LogP contribution in [0.25, 0.3) is 82.5 Å². The lowest BCUT2D eigenvalue weighted by Gasteiger charge is -2.12. The molecular weight excluding hydrogens is 853 g/mol. The Hall–Kier alpha value is -9.60. The quantitative estimate of drug-likeness (QED) is 0.134. The van der Waals surface area contributed by atoms with Crippen LogP contribution in [0.15, 0.2) is 218 Å². The van der Waals surface area contributed by atoms with E-state index in [0.29, 0.717) is 0 Å². The Bertz CT molecular complexity index is 3680. The first-order valence-corrected chi connectivity index (χ1v) is 22.6. The van der Waals surface area contributed by atoms with Crippen molar-refractivity contribution in [2.75, 3.05) is 0 Å². The van der Waals surface area contributed by atoms with Crippen LogP contribution in [-0.4, -0.2) is 46.0 Å². The summed E-state index contributed by atoms with van der Waals surface area (Å²) in [6, 6.07) is 70.6. The predicted octanol–water partition coefficient (Wildman–Crippen LogP) is 12.9. The molecule has 0 saturated carbocycles. The summed E-state index contributed by atoms with van der Waals surface area (Å²) >= 11 is 0. The fraction of sp³-hybridized carbons (Fsp3) is 0. The third kappa shape index (κ3) is 6.40. The molecule has 0 atom stereocenters. The number of para-hydroxylation sites is 6. The molecule has 0 radical (unpaired) electrons. The van der Waals surface area contributed by atoms with Gasteiger partial charge in [0.05, 0.1) is 33.1 Å². The van der Waals surface area contributed by atoms with Gasteiger partial charge in [0.1, 0.15) is 0 Å². The van der Waals surface area contributed by atoms with Crippen LogP contribution in [0.4, 0.5) is 0 Å². The number of hydrogen-bond donors (Lipinski definition) is 0. The maximum atomic E-state index is 14.8. The predicted molar refractivity (Wildman–Crippen MR) is 272 cm³/mol. The number of aromatic nitrogens is 6. The van der Waals surface area contributed by atoms with E-state index in [0.717, 1.165) is 82.5 Å². The number of nitrogens with zero attached hydrogens (tertiary/aromatic N) is 6. The topological polar surface area (TPSA) is 105 Å². The van der Waals surface area contributed by atoms with Gasteiger partial charge in [-0.1, -0.05) is 146 Å². The molecule has 0 unspecified atom stereocenters. The first kappa shape index (κ1) is 39.7. The van der Waals surface area contributed by atoms with Gasteiger partial charge in [-0.25, -0.2) is 15.0 Å². The molecule has 0 fully saturated rings. The van der Waals surface area contributed by atoms with Gasteiger partial charge in [0, 0.05) is 66.1 Å². The molecule has 0 aliphatic rings. The molecule has 324 valence electrons. The fourth-order valence-electron chi connectivity index (χ4n) is 10.0. The molecule has 0 aliphatic carbocycles. The van der Waals surface area contributed by atoms with E-state index in [4.69, 9.17) is 0 Å². The number of ketones is 3. The molecule has 4 heterocycles. The summed E-state index contributed by atoms with van der Waals surface area (Å²) in [5.41, 5.74) is 8.98.